The second-order valence-corrected chi connectivity index (χ2v) is 9.05. The first-order valence-electron chi connectivity index (χ1n) is 6.53. The van der Waals surface area contributed by atoms with Crippen LogP contribution in [-0.2, 0) is 9.22 Å². The predicted octanol–water partition coefficient (Wildman–Crippen LogP) is 4.04. The Morgan fingerprint density at radius 1 is 1.31 bits per heavy atom. The third kappa shape index (κ3) is 4.97. The standard InChI is InChI=1S/C13H24O2Si/c1-3-4-5-6-7-10-13(14)15-16(2)11-8-9-12-16/h6-7H,3-5,8-12H2,1-2H3/b7-6+. The van der Waals surface area contributed by atoms with E-state index in [9.17, 15) is 4.79 Å². The zero-order valence-electron chi connectivity index (χ0n) is 10.6. The molecule has 1 heterocycles. The third-order valence-electron chi connectivity index (χ3n) is 3.20. The molecule has 0 aromatic carbocycles. The largest absolute Gasteiger partial charge is 0.519 e. The van der Waals surface area contributed by atoms with Crippen LogP contribution in [0.1, 0.15) is 45.4 Å². The summed E-state index contributed by atoms with van der Waals surface area (Å²) in [4.78, 5) is 11.6. The summed E-state index contributed by atoms with van der Waals surface area (Å²) in [5.74, 6) is -0.0104. The molecule has 0 radical (unpaired) electrons. The highest BCUT2D eigenvalue weighted by Crippen LogP contribution is 2.30. The van der Waals surface area contributed by atoms with Crippen LogP contribution >= 0.6 is 0 Å². The van der Waals surface area contributed by atoms with Crippen LogP contribution in [0.4, 0.5) is 0 Å². The minimum atomic E-state index is -1.61. The molecule has 1 fully saturated rings. The van der Waals surface area contributed by atoms with Crippen LogP contribution in [0.3, 0.4) is 0 Å². The van der Waals surface area contributed by atoms with Gasteiger partial charge in [-0.3, -0.25) is 4.79 Å². The Bertz CT molecular complexity index is 242. The molecule has 16 heavy (non-hydrogen) atoms. The predicted molar refractivity (Wildman–Crippen MR) is 69.8 cm³/mol. The fourth-order valence-electron chi connectivity index (χ4n) is 2.16. The second-order valence-electron chi connectivity index (χ2n) is 4.95. The summed E-state index contributed by atoms with van der Waals surface area (Å²) in [5, 5.41) is 0. The molecule has 1 saturated heterocycles. The van der Waals surface area contributed by atoms with Crippen molar-refractivity contribution < 1.29 is 9.22 Å². The minimum absolute atomic E-state index is 0.0104. The monoisotopic (exact) mass is 240 g/mol. The van der Waals surface area contributed by atoms with Gasteiger partial charge in [-0.15, -0.1) is 0 Å². The van der Waals surface area contributed by atoms with Gasteiger partial charge in [0, 0.05) is 0 Å². The van der Waals surface area contributed by atoms with Gasteiger partial charge >= 0.3 is 0 Å². The van der Waals surface area contributed by atoms with Crippen LogP contribution in [0.2, 0.25) is 18.6 Å². The van der Waals surface area contributed by atoms with Crippen LogP contribution in [0.15, 0.2) is 12.2 Å². The minimum Gasteiger partial charge on any atom is -0.519 e. The summed E-state index contributed by atoms with van der Waals surface area (Å²) in [6.45, 7) is 4.37. The summed E-state index contributed by atoms with van der Waals surface area (Å²) in [6, 6.07) is 2.33. The van der Waals surface area contributed by atoms with Crippen molar-refractivity contribution in [3.63, 3.8) is 0 Å². The number of carbonyl (C=O) groups excluding carboxylic acids is 1. The average molecular weight is 240 g/mol. The molecule has 92 valence electrons. The molecule has 0 N–H and O–H groups in total. The van der Waals surface area contributed by atoms with Crippen molar-refractivity contribution in [1.29, 1.82) is 0 Å². The van der Waals surface area contributed by atoms with Gasteiger partial charge in [-0.05, 0) is 25.1 Å². The lowest BCUT2D eigenvalue weighted by atomic mass is 10.2. The van der Waals surface area contributed by atoms with Crippen LogP contribution in [0, 0.1) is 0 Å². The molecular formula is C13H24O2Si. The third-order valence-corrected chi connectivity index (χ3v) is 6.74. The molecule has 0 bridgehead atoms. The van der Waals surface area contributed by atoms with E-state index in [1.165, 1.54) is 25.7 Å². The Balaban J connectivity index is 2.17. The summed E-state index contributed by atoms with van der Waals surface area (Å²) < 4.78 is 5.65. The molecule has 3 heteroatoms. The maximum Gasteiger partial charge on any atom is 0.296 e. The van der Waals surface area contributed by atoms with Crippen molar-refractivity contribution >= 4 is 14.3 Å². The Kier molecular flexibility index (Phi) is 5.81. The van der Waals surface area contributed by atoms with Crippen molar-refractivity contribution in [2.24, 2.45) is 0 Å². The molecule has 0 amide bonds. The molecule has 1 aliphatic heterocycles. The lowest BCUT2D eigenvalue weighted by Crippen LogP contribution is -2.33. The SMILES string of the molecule is CCCC/C=C/CC(=O)O[Si]1(C)CCCC1. The first-order valence-corrected chi connectivity index (χ1v) is 9.35. The molecule has 0 aromatic rings. The van der Waals surface area contributed by atoms with E-state index in [0.717, 1.165) is 18.5 Å². The summed E-state index contributed by atoms with van der Waals surface area (Å²) in [5.41, 5.74) is 0. The number of hydrogen-bond acceptors (Lipinski definition) is 2. The highest BCUT2D eigenvalue weighted by atomic mass is 28.4. The smallest absolute Gasteiger partial charge is 0.296 e. The zero-order valence-corrected chi connectivity index (χ0v) is 11.6. The Morgan fingerprint density at radius 3 is 2.62 bits per heavy atom. The Labute approximate surface area is 100 Å². The maximum atomic E-state index is 11.6. The highest BCUT2D eigenvalue weighted by Gasteiger charge is 2.36. The number of unbranched alkanes of at least 4 members (excludes halogenated alkanes) is 2. The van der Waals surface area contributed by atoms with E-state index in [2.05, 4.69) is 19.5 Å². The van der Waals surface area contributed by atoms with Gasteiger partial charge in [-0.1, -0.05) is 44.8 Å². The van der Waals surface area contributed by atoms with Gasteiger partial charge in [0.25, 0.3) is 14.3 Å². The summed E-state index contributed by atoms with van der Waals surface area (Å²) in [7, 11) is -1.61. The molecule has 1 aliphatic rings. The van der Waals surface area contributed by atoms with E-state index >= 15 is 0 Å². The van der Waals surface area contributed by atoms with E-state index in [-0.39, 0.29) is 5.97 Å². The fourth-order valence-corrected chi connectivity index (χ4v) is 5.24. The van der Waals surface area contributed by atoms with E-state index in [0.29, 0.717) is 6.42 Å². The van der Waals surface area contributed by atoms with Crippen LogP contribution in [0.5, 0.6) is 0 Å². The lowest BCUT2D eigenvalue weighted by molar-refractivity contribution is -0.134. The Morgan fingerprint density at radius 2 is 2.00 bits per heavy atom. The van der Waals surface area contributed by atoms with Crippen molar-refractivity contribution in [2.45, 2.75) is 64.1 Å². The average Bonchev–Trinajstić information content (AvgIpc) is 2.64. The Hall–Kier alpha value is -0.573. The van der Waals surface area contributed by atoms with E-state index in [1.807, 2.05) is 6.08 Å². The number of hydrogen-bond donors (Lipinski definition) is 0. The van der Waals surface area contributed by atoms with Crippen LogP contribution in [0.25, 0.3) is 0 Å². The quantitative estimate of drug-likeness (QED) is 0.398. The van der Waals surface area contributed by atoms with E-state index in [1.54, 1.807) is 0 Å². The van der Waals surface area contributed by atoms with E-state index < -0.39 is 8.32 Å². The molecular weight excluding hydrogens is 216 g/mol. The number of allylic oxidation sites excluding steroid dienone is 1. The van der Waals surface area contributed by atoms with Crippen molar-refractivity contribution in [3.05, 3.63) is 12.2 Å². The molecule has 0 spiro atoms. The number of carbonyl (C=O) groups is 1. The first-order chi connectivity index (χ1) is 7.66. The first kappa shape index (κ1) is 13.5. The van der Waals surface area contributed by atoms with Gasteiger partial charge in [-0.25, -0.2) is 0 Å². The number of rotatable bonds is 6. The lowest BCUT2D eigenvalue weighted by Gasteiger charge is -2.20. The summed E-state index contributed by atoms with van der Waals surface area (Å²) in [6.07, 6.45) is 10.5. The molecule has 1 rings (SSSR count). The molecule has 0 atom stereocenters. The van der Waals surface area contributed by atoms with Crippen LogP contribution < -0.4 is 0 Å². The zero-order chi connectivity index (χ0) is 11.9. The molecule has 0 aliphatic carbocycles. The van der Waals surface area contributed by atoms with Gasteiger partial charge < -0.3 is 4.43 Å². The second kappa shape index (κ2) is 6.89. The fraction of sp³-hybridized carbons (Fsp3) is 0.769. The van der Waals surface area contributed by atoms with Crippen molar-refractivity contribution in [1.82, 2.24) is 0 Å². The van der Waals surface area contributed by atoms with Gasteiger partial charge in [0.1, 0.15) is 0 Å². The summed E-state index contributed by atoms with van der Waals surface area (Å²) >= 11 is 0. The molecule has 0 unspecified atom stereocenters. The van der Waals surface area contributed by atoms with Gasteiger partial charge in [-0.2, -0.15) is 0 Å². The normalized spacial score (nSPS) is 19.1. The molecule has 2 nitrogen and oxygen atoms in total. The van der Waals surface area contributed by atoms with Gasteiger partial charge in [0.2, 0.25) is 0 Å². The van der Waals surface area contributed by atoms with Crippen LogP contribution in [-0.4, -0.2) is 14.3 Å². The van der Waals surface area contributed by atoms with Crippen molar-refractivity contribution in [3.8, 4) is 0 Å². The maximum absolute atomic E-state index is 11.6. The van der Waals surface area contributed by atoms with E-state index in [4.69, 9.17) is 4.43 Å². The molecule has 0 aromatic heterocycles. The van der Waals surface area contributed by atoms with Gasteiger partial charge in [0.05, 0.1) is 6.42 Å². The topological polar surface area (TPSA) is 26.3 Å². The molecule has 0 saturated carbocycles. The highest BCUT2D eigenvalue weighted by molar-refractivity contribution is 6.74. The van der Waals surface area contributed by atoms with Crippen molar-refractivity contribution in [2.75, 3.05) is 0 Å². The van der Waals surface area contributed by atoms with Gasteiger partial charge in [0.15, 0.2) is 0 Å².